The van der Waals surface area contributed by atoms with Crippen LogP contribution in [0.2, 0.25) is 5.02 Å². The van der Waals surface area contributed by atoms with Crippen molar-refractivity contribution >= 4 is 17.6 Å². The largest absolute Gasteiger partial charge is 0.492 e. The van der Waals surface area contributed by atoms with Crippen LogP contribution in [-0.2, 0) is 4.74 Å². The minimum Gasteiger partial charge on any atom is -0.492 e. The van der Waals surface area contributed by atoms with Gasteiger partial charge in [-0.1, -0.05) is 17.7 Å². The van der Waals surface area contributed by atoms with Gasteiger partial charge in [-0.15, -0.1) is 0 Å². The van der Waals surface area contributed by atoms with Crippen molar-refractivity contribution in [1.82, 2.24) is 0 Å². The molecule has 2 rings (SSSR count). The molecule has 4 nitrogen and oxygen atoms in total. The zero-order valence-corrected chi connectivity index (χ0v) is 12.7. The Balaban J connectivity index is 2.48. The molecule has 22 heavy (non-hydrogen) atoms. The molecule has 0 atom stereocenters. The lowest BCUT2D eigenvalue weighted by Gasteiger charge is -2.10. The van der Waals surface area contributed by atoms with Gasteiger partial charge in [-0.05, 0) is 41.5 Å². The number of esters is 1. The number of methoxy groups -OCH3 is 1. The van der Waals surface area contributed by atoms with Crippen molar-refractivity contribution in [2.75, 3.05) is 20.3 Å². The highest BCUT2D eigenvalue weighted by Crippen LogP contribution is 2.29. The summed E-state index contributed by atoms with van der Waals surface area (Å²) in [5.41, 5.74) is 6.90. The second-order valence-electron chi connectivity index (χ2n) is 4.50. The molecule has 0 fully saturated rings. The fourth-order valence-electron chi connectivity index (χ4n) is 1.94. The van der Waals surface area contributed by atoms with E-state index in [1.165, 1.54) is 19.2 Å². The molecule has 0 unspecified atom stereocenters. The highest BCUT2D eigenvalue weighted by Gasteiger charge is 2.12. The van der Waals surface area contributed by atoms with Crippen molar-refractivity contribution in [3.8, 4) is 16.9 Å². The van der Waals surface area contributed by atoms with E-state index < -0.39 is 11.8 Å². The van der Waals surface area contributed by atoms with Gasteiger partial charge in [0.2, 0.25) is 0 Å². The van der Waals surface area contributed by atoms with Crippen LogP contribution in [0.5, 0.6) is 5.75 Å². The van der Waals surface area contributed by atoms with Gasteiger partial charge in [-0.2, -0.15) is 0 Å². The molecule has 2 N–H and O–H groups in total. The summed E-state index contributed by atoms with van der Waals surface area (Å²) in [4.78, 5) is 11.7. The predicted molar refractivity (Wildman–Crippen MR) is 82.7 cm³/mol. The lowest BCUT2D eigenvalue weighted by atomic mass is 10.0. The maximum Gasteiger partial charge on any atom is 0.338 e. The first-order chi connectivity index (χ1) is 10.5. The first-order valence-corrected chi connectivity index (χ1v) is 6.94. The first-order valence-electron chi connectivity index (χ1n) is 6.57. The highest BCUT2D eigenvalue weighted by atomic mass is 35.5. The molecular weight excluding hydrogens is 309 g/mol. The smallest absolute Gasteiger partial charge is 0.338 e. The van der Waals surface area contributed by atoms with Crippen LogP contribution in [0.4, 0.5) is 4.39 Å². The quantitative estimate of drug-likeness (QED) is 0.858. The number of hydrogen-bond donors (Lipinski definition) is 1. The van der Waals surface area contributed by atoms with E-state index in [4.69, 9.17) is 26.8 Å². The van der Waals surface area contributed by atoms with E-state index in [2.05, 4.69) is 0 Å². The molecule has 0 radical (unpaired) electrons. The third-order valence-electron chi connectivity index (χ3n) is 2.97. The van der Waals surface area contributed by atoms with Gasteiger partial charge in [0.25, 0.3) is 0 Å². The highest BCUT2D eigenvalue weighted by molar-refractivity contribution is 6.30. The van der Waals surface area contributed by atoms with Gasteiger partial charge in [-0.25, -0.2) is 9.18 Å². The Morgan fingerprint density at radius 3 is 2.64 bits per heavy atom. The molecule has 0 bridgehead atoms. The van der Waals surface area contributed by atoms with Crippen LogP contribution >= 0.6 is 11.6 Å². The average Bonchev–Trinajstić information content (AvgIpc) is 2.54. The number of carbonyl (C=O) groups excluding carboxylic acids is 1. The maximum absolute atomic E-state index is 13.6. The second kappa shape index (κ2) is 7.24. The van der Waals surface area contributed by atoms with Crippen molar-refractivity contribution < 1.29 is 18.7 Å². The van der Waals surface area contributed by atoms with Crippen LogP contribution in [0.1, 0.15) is 10.4 Å². The molecule has 0 heterocycles. The molecule has 0 spiro atoms. The summed E-state index contributed by atoms with van der Waals surface area (Å²) in [6.45, 7) is 0.645. The Bertz CT molecular complexity index is 691. The van der Waals surface area contributed by atoms with Gasteiger partial charge in [0.15, 0.2) is 0 Å². The van der Waals surface area contributed by atoms with Crippen LogP contribution in [0.25, 0.3) is 11.1 Å². The molecular formula is C16H15ClFNO3. The van der Waals surface area contributed by atoms with Gasteiger partial charge in [0.05, 0.1) is 17.7 Å². The molecule has 0 aromatic heterocycles. The number of rotatable bonds is 5. The van der Waals surface area contributed by atoms with Crippen LogP contribution in [0, 0.1) is 5.82 Å². The minimum atomic E-state index is -0.535. The number of hydrogen-bond acceptors (Lipinski definition) is 4. The summed E-state index contributed by atoms with van der Waals surface area (Å²) in [6, 6.07) is 9.27. The SMILES string of the molecule is COC(=O)c1cc(OCCN)cc(-c2ccc(Cl)c(F)c2)c1. The molecule has 0 aliphatic carbocycles. The molecule has 2 aromatic rings. The van der Waals surface area contributed by atoms with Gasteiger partial charge in [0.1, 0.15) is 18.2 Å². The van der Waals surface area contributed by atoms with E-state index in [1.807, 2.05) is 0 Å². The summed E-state index contributed by atoms with van der Waals surface area (Å²) in [7, 11) is 1.29. The Hall–Kier alpha value is -2.11. The zero-order valence-electron chi connectivity index (χ0n) is 11.9. The lowest BCUT2D eigenvalue weighted by molar-refractivity contribution is 0.0600. The standard InChI is InChI=1S/C16H15ClFNO3/c1-21-16(20)12-6-11(7-13(8-12)22-5-4-19)10-2-3-14(17)15(18)9-10/h2-3,6-9H,4-5,19H2,1H3. The number of carbonyl (C=O) groups is 1. The van der Waals surface area contributed by atoms with Gasteiger partial charge in [-0.3, -0.25) is 0 Å². The van der Waals surface area contributed by atoms with Crippen molar-refractivity contribution in [2.45, 2.75) is 0 Å². The summed E-state index contributed by atoms with van der Waals surface area (Å²) >= 11 is 5.68. The summed E-state index contributed by atoms with van der Waals surface area (Å²) in [5.74, 6) is -0.584. The Morgan fingerprint density at radius 2 is 2.00 bits per heavy atom. The summed E-state index contributed by atoms with van der Waals surface area (Å²) < 4.78 is 23.8. The third-order valence-corrected chi connectivity index (χ3v) is 3.27. The average molecular weight is 324 g/mol. The molecule has 0 aliphatic heterocycles. The fourth-order valence-corrected chi connectivity index (χ4v) is 2.05. The van der Waals surface area contributed by atoms with E-state index in [9.17, 15) is 9.18 Å². The van der Waals surface area contributed by atoms with Crippen LogP contribution in [0.3, 0.4) is 0 Å². The van der Waals surface area contributed by atoms with E-state index in [-0.39, 0.29) is 5.02 Å². The van der Waals surface area contributed by atoms with Crippen molar-refractivity contribution in [1.29, 1.82) is 0 Å². The van der Waals surface area contributed by atoms with Crippen LogP contribution in [-0.4, -0.2) is 26.2 Å². The number of halogens is 2. The molecule has 0 saturated heterocycles. The minimum absolute atomic E-state index is 0.0347. The first kappa shape index (κ1) is 16.3. The van der Waals surface area contributed by atoms with E-state index in [0.29, 0.717) is 35.6 Å². The molecule has 2 aromatic carbocycles. The Kier molecular flexibility index (Phi) is 5.35. The topological polar surface area (TPSA) is 61.5 Å². The van der Waals surface area contributed by atoms with Crippen molar-refractivity contribution in [2.24, 2.45) is 5.73 Å². The van der Waals surface area contributed by atoms with Crippen LogP contribution in [0.15, 0.2) is 36.4 Å². The van der Waals surface area contributed by atoms with Crippen LogP contribution < -0.4 is 10.5 Å². The molecule has 116 valence electrons. The number of benzene rings is 2. The Labute approximate surface area is 132 Å². The zero-order chi connectivity index (χ0) is 16.1. The third kappa shape index (κ3) is 3.75. The second-order valence-corrected chi connectivity index (χ2v) is 4.91. The lowest BCUT2D eigenvalue weighted by Crippen LogP contribution is -2.11. The Morgan fingerprint density at radius 1 is 1.23 bits per heavy atom. The monoisotopic (exact) mass is 323 g/mol. The predicted octanol–water partition coefficient (Wildman–Crippen LogP) is 3.27. The van der Waals surface area contributed by atoms with Gasteiger partial charge in [0, 0.05) is 6.54 Å². The number of nitrogens with two attached hydrogens (primary N) is 1. The van der Waals surface area contributed by atoms with Crippen molar-refractivity contribution in [3.63, 3.8) is 0 Å². The maximum atomic E-state index is 13.6. The molecule has 6 heteroatoms. The number of ether oxygens (including phenoxy) is 2. The van der Waals surface area contributed by atoms with E-state index >= 15 is 0 Å². The van der Waals surface area contributed by atoms with E-state index in [1.54, 1.807) is 24.3 Å². The van der Waals surface area contributed by atoms with Gasteiger partial charge < -0.3 is 15.2 Å². The fraction of sp³-hybridized carbons (Fsp3) is 0.188. The summed E-state index contributed by atoms with van der Waals surface area (Å²) in [5, 5.41) is 0.0347. The molecule has 0 aliphatic rings. The van der Waals surface area contributed by atoms with Gasteiger partial charge >= 0.3 is 5.97 Å². The van der Waals surface area contributed by atoms with E-state index in [0.717, 1.165) is 0 Å². The summed E-state index contributed by atoms with van der Waals surface area (Å²) in [6.07, 6.45) is 0. The van der Waals surface area contributed by atoms with Crippen molar-refractivity contribution in [3.05, 3.63) is 52.8 Å². The molecule has 0 amide bonds. The normalized spacial score (nSPS) is 10.4. The molecule has 0 saturated carbocycles.